The van der Waals surface area contributed by atoms with Crippen molar-refractivity contribution in [2.45, 2.75) is 38.8 Å². The predicted molar refractivity (Wildman–Crippen MR) is 115 cm³/mol. The zero-order valence-corrected chi connectivity index (χ0v) is 17.2. The van der Waals surface area contributed by atoms with Crippen LogP contribution in [-0.4, -0.2) is 37.1 Å². The van der Waals surface area contributed by atoms with E-state index >= 15 is 0 Å². The number of aromatic nitrogens is 1. The Bertz CT molecular complexity index is 748. The molecular weight excluding hydrogens is 364 g/mol. The molecule has 0 bridgehead atoms. The van der Waals surface area contributed by atoms with Gasteiger partial charge in [-0.3, -0.25) is 9.78 Å². The highest BCUT2D eigenvalue weighted by molar-refractivity contribution is 5.83. The maximum atomic E-state index is 13.0. The van der Waals surface area contributed by atoms with Gasteiger partial charge in [0, 0.05) is 18.9 Å². The monoisotopic (exact) mass is 396 g/mol. The molecule has 1 amide bonds. The number of nitrogens with zero attached hydrogens (tertiary/aromatic N) is 1. The van der Waals surface area contributed by atoms with Crippen LogP contribution in [0.1, 0.15) is 43.4 Å². The molecule has 0 spiro atoms. The molecule has 0 radical (unpaired) electrons. The molecule has 1 aliphatic heterocycles. The van der Waals surface area contributed by atoms with E-state index in [0.29, 0.717) is 13.2 Å². The molecule has 1 saturated heterocycles. The van der Waals surface area contributed by atoms with Gasteiger partial charge in [0.1, 0.15) is 11.8 Å². The van der Waals surface area contributed by atoms with Gasteiger partial charge in [0.25, 0.3) is 0 Å². The Morgan fingerprint density at radius 1 is 1.24 bits per heavy atom. The van der Waals surface area contributed by atoms with Crippen molar-refractivity contribution in [2.75, 3.05) is 26.2 Å². The topological polar surface area (TPSA) is 75.3 Å². The van der Waals surface area contributed by atoms with Crippen LogP contribution in [-0.2, 0) is 11.3 Å². The lowest BCUT2D eigenvalue weighted by atomic mass is 9.94. The van der Waals surface area contributed by atoms with Crippen LogP contribution in [0.2, 0.25) is 0 Å². The molecule has 0 saturated carbocycles. The van der Waals surface area contributed by atoms with Gasteiger partial charge >= 0.3 is 0 Å². The Kier molecular flexibility index (Phi) is 8.46. The van der Waals surface area contributed by atoms with Crippen molar-refractivity contribution in [3.8, 4) is 5.75 Å². The number of hydrogen-bond acceptors (Lipinski definition) is 5. The fraction of sp³-hybridized carbons (Fsp3) is 0.478. The molecule has 3 N–H and O–H groups in total. The van der Waals surface area contributed by atoms with Crippen molar-refractivity contribution in [3.05, 3.63) is 59.9 Å². The third-order valence-corrected chi connectivity index (χ3v) is 5.34. The molecule has 0 aliphatic carbocycles. The number of rotatable bonds is 10. The van der Waals surface area contributed by atoms with E-state index in [1.807, 2.05) is 43.3 Å². The maximum absolute atomic E-state index is 13.0. The molecule has 2 aromatic rings. The molecular formula is C23H32N4O2. The number of nitrogens with one attached hydrogen (secondary N) is 3. The number of benzene rings is 1. The molecule has 1 fully saturated rings. The third-order valence-electron chi connectivity index (χ3n) is 5.34. The van der Waals surface area contributed by atoms with Gasteiger partial charge < -0.3 is 20.7 Å². The van der Waals surface area contributed by atoms with Gasteiger partial charge in [0.05, 0.1) is 6.61 Å². The van der Waals surface area contributed by atoms with Gasteiger partial charge in [-0.15, -0.1) is 0 Å². The second-order valence-electron chi connectivity index (χ2n) is 7.45. The largest absolute Gasteiger partial charge is 0.494 e. The Morgan fingerprint density at radius 3 is 2.79 bits per heavy atom. The molecule has 3 rings (SSSR count). The van der Waals surface area contributed by atoms with E-state index in [1.54, 1.807) is 12.4 Å². The Morgan fingerprint density at radius 2 is 2.03 bits per heavy atom. The molecule has 6 heteroatoms. The van der Waals surface area contributed by atoms with Crippen LogP contribution in [0.15, 0.2) is 48.8 Å². The SMILES string of the molecule is CCOc1cccc(C(NCCC2CCNCC2)C(=O)NCc2ccncc2)c1. The van der Waals surface area contributed by atoms with Crippen LogP contribution in [0.4, 0.5) is 0 Å². The van der Waals surface area contributed by atoms with E-state index in [9.17, 15) is 4.79 Å². The fourth-order valence-corrected chi connectivity index (χ4v) is 3.71. The summed E-state index contributed by atoms with van der Waals surface area (Å²) in [6, 6.07) is 11.2. The summed E-state index contributed by atoms with van der Waals surface area (Å²) in [5.41, 5.74) is 1.96. The van der Waals surface area contributed by atoms with Crippen molar-refractivity contribution in [3.63, 3.8) is 0 Å². The first-order valence-corrected chi connectivity index (χ1v) is 10.6. The molecule has 1 unspecified atom stereocenters. The van der Waals surface area contributed by atoms with Crippen LogP contribution in [0.25, 0.3) is 0 Å². The molecule has 2 heterocycles. The van der Waals surface area contributed by atoms with Crippen LogP contribution >= 0.6 is 0 Å². The number of hydrogen-bond donors (Lipinski definition) is 3. The van der Waals surface area contributed by atoms with E-state index < -0.39 is 6.04 Å². The fourth-order valence-electron chi connectivity index (χ4n) is 3.71. The first kappa shape index (κ1) is 21.3. The summed E-state index contributed by atoms with van der Waals surface area (Å²) >= 11 is 0. The lowest BCUT2D eigenvalue weighted by molar-refractivity contribution is -0.123. The van der Waals surface area contributed by atoms with Crippen LogP contribution in [0.5, 0.6) is 5.75 Å². The molecule has 1 aromatic heterocycles. The summed E-state index contributed by atoms with van der Waals surface area (Å²) in [4.78, 5) is 17.1. The highest BCUT2D eigenvalue weighted by atomic mass is 16.5. The zero-order valence-electron chi connectivity index (χ0n) is 17.2. The van der Waals surface area contributed by atoms with Gasteiger partial charge in [0.15, 0.2) is 0 Å². The van der Waals surface area contributed by atoms with Gasteiger partial charge in [-0.2, -0.15) is 0 Å². The van der Waals surface area contributed by atoms with E-state index in [4.69, 9.17) is 4.74 Å². The summed E-state index contributed by atoms with van der Waals surface area (Å²) in [7, 11) is 0. The molecule has 1 aromatic carbocycles. The van der Waals surface area contributed by atoms with Crippen molar-refractivity contribution >= 4 is 5.91 Å². The van der Waals surface area contributed by atoms with Crippen molar-refractivity contribution in [1.82, 2.24) is 20.9 Å². The second-order valence-corrected chi connectivity index (χ2v) is 7.45. The zero-order chi connectivity index (χ0) is 20.3. The van der Waals surface area contributed by atoms with Gasteiger partial charge in [-0.1, -0.05) is 12.1 Å². The molecule has 156 valence electrons. The van der Waals surface area contributed by atoms with Crippen molar-refractivity contribution in [1.29, 1.82) is 0 Å². The Hall–Kier alpha value is -2.44. The summed E-state index contributed by atoms with van der Waals surface area (Å²) in [5.74, 6) is 1.48. The molecule has 29 heavy (non-hydrogen) atoms. The average molecular weight is 397 g/mol. The molecule has 1 atom stereocenters. The summed E-state index contributed by atoms with van der Waals surface area (Å²) < 4.78 is 5.63. The molecule has 6 nitrogen and oxygen atoms in total. The number of piperidine rings is 1. The smallest absolute Gasteiger partial charge is 0.242 e. The normalized spacial score (nSPS) is 15.6. The van der Waals surface area contributed by atoms with Crippen LogP contribution in [0, 0.1) is 5.92 Å². The maximum Gasteiger partial charge on any atom is 0.242 e. The van der Waals surface area contributed by atoms with Gasteiger partial charge in [0.2, 0.25) is 5.91 Å². The summed E-state index contributed by atoms with van der Waals surface area (Å²) in [6.45, 7) is 6.05. The van der Waals surface area contributed by atoms with Crippen molar-refractivity contribution < 1.29 is 9.53 Å². The van der Waals surface area contributed by atoms with Gasteiger partial charge in [-0.05, 0) is 87.1 Å². The minimum absolute atomic E-state index is 0.0271. The lowest BCUT2D eigenvalue weighted by Gasteiger charge is -2.24. The predicted octanol–water partition coefficient (Wildman–Crippen LogP) is 2.82. The standard InChI is InChI=1S/C23H32N4O2/c1-2-29-21-5-3-4-20(16-21)22(26-15-10-18-6-11-24-12-7-18)23(28)27-17-19-8-13-25-14-9-19/h3-5,8-9,13-14,16,18,22,24,26H,2,6-7,10-12,15,17H2,1H3,(H,27,28). The Balaban J connectivity index is 1.64. The second kappa shape index (κ2) is 11.5. The number of carbonyl (C=O) groups is 1. The highest BCUT2D eigenvalue weighted by Crippen LogP contribution is 2.21. The number of carbonyl (C=O) groups excluding carboxylic acids is 1. The van der Waals surface area contributed by atoms with Gasteiger partial charge in [-0.25, -0.2) is 0 Å². The first-order valence-electron chi connectivity index (χ1n) is 10.6. The Labute approximate surface area is 173 Å². The van der Waals surface area contributed by atoms with E-state index in [-0.39, 0.29) is 5.91 Å². The number of pyridine rings is 1. The van der Waals surface area contributed by atoms with E-state index in [0.717, 1.165) is 48.8 Å². The van der Waals surface area contributed by atoms with Crippen molar-refractivity contribution in [2.24, 2.45) is 5.92 Å². The molecule has 1 aliphatic rings. The lowest BCUT2D eigenvalue weighted by Crippen LogP contribution is -2.38. The van der Waals surface area contributed by atoms with E-state index in [2.05, 4.69) is 20.9 Å². The summed E-state index contributed by atoms with van der Waals surface area (Å²) in [6.07, 6.45) is 6.98. The quantitative estimate of drug-likeness (QED) is 0.576. The van der Waals surface area contributed by atoms with E-state index in [1.165, 1.54) is 12.8 Å². The minimum Gasteiger partial charge on any atom is -0.494 e. The number of amides is 1. The van der Waals surface area contributed by atoms with Crippen LogP contribution < -0.4 is 20.7 Å². The first-order chi connectivity index (χ1) is 14.3. The minimum atomic E-state index is -0.404. The third kappa shape index (κ3) is 6.84. The highest BCUT2D eigenvalue weighted by Gasteiger charge is 2.21. The summed E-state index contributed by atoms with van der Waals surface area (Å²) in [5, 5.41) is 9.95. The number of ether oxygens (including phenoxy) is 1. The van der Waals surface area contributed by atoms with Crippen LogP contribution in [0.3, 0.4) is 0 Å². The average Bonchev–Trinajstić information content (AvgIpc) is 2.77.